The molecule has 14 aromatic carbocycles. The number of fused-ring (bicyclic) bond motifs is 21. The number of nitrogens with zero attached hydrogens (tertiary/aromatic N) is 5. The average Bonchev–Trinajstić information content (AvgIpc) is 4.31. The van der Waals surface area contributed by atoms with E-state index in [-0.39, 0.29) is 0 Å². The molecule has 0 saturated heterocycles. The fraction of sp³-hybridized carbons (Fsp3) is 0. The Bertz CT molecular complexity index is 5500. The summed E-state index contributed by atoms with van der Waals surface area (Å²) in [5, 5.41) is 21.8. The molecule has 5 nitrogen and oxygen atoms in total. The van der Waals surface area contributed by atoms with Crippen molar-refractivity contribution in [3.63, 3.8) is 0 Å². The van der Waals surface area contributed by atoms with Crippen LogP contribution in [0.2, 0.25) is 0 Å². The molecule has 0 amide bonds. The number of benzene rings is 14. The Hall–Kier alpha value is -10.5. The van der Waals surface area contributed by atoms with Gasteiger partial charge in [-0.25, -0.2) is 4.98 Å². The molecule has 0 aliphatic heterocycles. The highest BCUT2D eigenvalue weighted by Gasteiger charge is 2.22. The maximum absolute atomic E-state index is 5.52. The Labute approximate surface area is 467 Å². The van der Waals surface area contributed by atoms with Crippen LogP contribution in [-0.2, 0) is 0 Å². The second-order valence-electron chi connectivity index (χ2n) is 21.4. The highest BCUT2D eigenvalue weighted by molar-refractivity contribution is 7.26. The Kier molecular flexibility index (Phi) is 9.32. The van der Waals surface area contributed by atoms with Gasteiger partial charge in [0.15, 0.2) is 11.6 Å². The molecule has 6 heteroatoms. The fourth-order valence-corrected chi connectivity index (χ4v) is 14.7. The summed E-state index contributed by atoms with van der Waals surface area (Å²) in [5.41, 5.74) is 9.76. The van der Waals surface area contributed by atoms with E-state index in [1.54, 1.807) is 0 Å². The van der Waals surface area contributed by atoms with Gasteiger partial charge in [-0.05, 0) is 136 Å². The van der Waals surface area contributed by atoms with Gasteiger partial charge in [-0.3, -0.25) is 4.57 Å². The molecule has 0 radical (unpaired) electrons. The van der Waals surface area contributed by atoms with Crippen LogP contribution in [0, 0.1) is 0 Å². The van der Waals surface area contributed by atoms with E-state index in [2.05, 4.69) is 270 Å². The molecule has 81 heavy (non-hydrogen) atoms. The number of para-hydroxylation sites is 2. The van der Waals surface area contributed by atoms with Crippen LogP contribution >= 0.6 is 11.3 Å². The predicted molar refractivity (Wildman–Crippen MR) is 343 cm³/mol. The van der Waals surface area contributed by atoms with Crippen LogP contribution in [0.25, 0.3) is 174 Å². The van der Waals surface area contributed by atoms with Crippen LogP contribution < -0.4 is 0 Å². The zero-order valence-corrected chi connectivity index (χ0v) is 44.3. The van der Waals surface area contributed by atoms with Crippen molar-refractivity contribution >= 4 is 140 Å². The lowest BCUT2D eigenvalue weighted by Crippen LogP contribution is -2.06. The third-order valence-corrected chi connectivity index (χ3v) is 18.3. The van der Waals surface area contributed by atoms with Crippen molar-refractivity contribution < 1.29 is 0 Å². The van der Waals surface area contributed by atoms with Crippen LogP contribution in [0.5, 0.6) is 0 Å². The van der Waals surface area contributed by atoms with E-state index < -0.39 is 0 Å². The molecule has 0 aliphatic rings. The SMILES string of the molecule is c1ccc2c(c1)sc1c(-n3c4ccccc4c4cc(-c5ccc6c(c5)c5ccccc5n6-c5nc(-c6ccc7c8ccccc8c8ccccc8c7c6)nc(-c6ccc7c8ccccc8c8ccccc8c7c6)n5)ccc43)cccc12. The lowest BCUT2D eigenvalue weighted by Gasteiger charge is -2.14. The summed E-state index contributed by atoms with van der Waals surface area (Å²) >= 11 is 1.87. The second-order valence-corrected chi connectivity index (χ2v) is 22.5. The van der Waals surface area contributed by atoms with Gasteiger partial charge in [-0.15, -0.1) is 11.3 Å². The van der Waals surface area contributed by atoms with Gasteiger partial charge in [-0.2, -0.15) is 9.97 Å². The largest absolute Gasteiger partial charge is 0.308 e. The van der Waals surface area contributed by atoms with Crippen molar-refractivity contribution in [2.24, 2.45) is 0 Å². The summed E-state index contributed by atoms with van der Waals surface area (Å²) in [6.45, 7) is 0. The van der Waals surface area contributed by atoms with Crippen LogP contribution in [0.3, 0.4) is 0 Å². The molecular weight excluding hydrogens is 1000 g/mol. The minimum atomic E-state index is 0.559. The Morgan fingerprint density at radius 3 is 1.10 bits per heavy atom. The Morgan fingerprint density at radius 1 is 0.235 bits per heavy atom. The monoisotopic (exact) mass is 1050 g/mol. The van der Waals surface area contributed by atoms with E-state index in [4.69, 9.17) is 15.0 Å². The van der Waals surface area contributed by atoms with Crippen molar-refractivity contribution in [3.8, 4) is 45.5 Å². The number of hydrogen-bond acceptors (Lipinski definition) is 4. The van der Waals surface area contributed by atoms with Crippen molar-refractivity contribution in [1.82, 2.24) is 24.1 Å². The van der Waals surface area contributed by atoms with E-state index in [1.165, 1.54) is 102 Å². The van der Waals surface area contributed by atoms with Gasteiger partial charge in [0.1, 0.15) is 0 Å². The van der Waals surface area contributed by atoms with Gasteiger partial charge in [0, 0.05) is 48.1 Å². The molecule has 18 aromatic rings. The molecule has 0 spiro atoms. The Morgan fingerprint density at radius 2 is 0.593 bits per heavy atom. The third kappa shape index (κ3) is 6.51. The highest BCUT2D eigenvalue weighted by Crippen LogP contribution is 2.44. The summed E-state index contributed by atoms with van der Waals surface area (Å²) in [5.74, 6) is 1.77. The smallest absolute Gasteiger partial charge is 0.238 e. The second kappa shape index (κ2) is 17.0. The van der Waals surface area contributed by atoms with Crippen molar-refractivity contribution in [2.45, 2.75) is 0 Å². The first-order valence-corrected chi connectivity index (χ1v) is 28.4. The summed E-state index contributed by atoms with van der Waals surface area (Å²) in [6.07, 6.45) is 0. The van der Waals surface area contributed by atoms with Gasteiger partial charge in [0.05, 0.1) is 32.5 Å². The molecule has 4 heterocycles. The maximum Gasteiger partial charge on any atom is 0.238 e. The van der Waals surface area contributed by atoms with Gasteiger partial charge in [0.2, 0.25) is 5.95 Å². The zero-order chi connectivity index (χ0) is 52.9. The first kappa shape index (κ1) is 44.5. The quantitative estimate of drug-likeness (QED) is 0.161. The molecule has 0 fully saturated rings. The highest BCUT2D eigenvalue weighted by atomic mass is 32.1. The van der Waals surface area contributed by atoms with E-state index in [0.29, 0.717) is 17.6 Å². The van der Waals surface area contributed by atoms with Crippen molar-refractivity contribution in [3.05, 3.63) is 261 Å². The molecule has 374 valence electrons. The average molecular weight is 1050 g/mol. The van der Waals surface area contributed by atoms with Crippen molar-refractivity contribution in [2.75, 3.05) is 0 Å². The molecule has 0 saturated carbocycles. The van der Waals surface area contributed by atoms with E-state index in [9.17, 15) is 0 Å². The van der Waals surface area contributed by atoms with Gasteiger partial charge < -0.3 is 4.57 Å². The number of rotatable bonds is 5. The number of thiophene rings is 1. The first-order valence-electron chi connectivity index (χ1n) is 27.6. The predicted octanol–water partition coefficient (Wildman–Crippen LogP) is 20.4. The van der Waals surface area contributed by atoms with E-state index >= 15 is 0 Å². The molecule has 0 unspecified atom stereocenters. The fourth-order valence-electron chi connectivity index (χ4n) is 13.5. The molecule has 0 N–H and O–H groups in total. The molecule has 0 bridgehead atoms. The summed E-state index contributed by atoms with van der Waals surface area (Å²) in [4.78, 5) is 16.5. The van der Waals surface area contributed by atoms with Gasteiger partial charge in [-0.1, -0.05) is 200 Å². The van der Waals surface area contributed by atoms with Crippen LogP contribution in [0.4, 0.5) is 0 Å². The molecular formula is C75H43N5S. The number of aromatic nitrogens is 5. The molecule has 18 rings (SSSR count). The first-order chi connectivity index (χ1) is 40.2. The van der Waals surface area contributed by atoms with Crippen LogP contribution in [-0.4, -0.2) is 24.1 Å². The summed E-state index contributed by atoms with van der Waals surface area (Å²) in [6, 6.07) is 95.2. The molecule has 0 aliphatic carbocycles. The Balaban J connectivity index is 0.841. The molecule has 4 aromatic heterocycles. The normalized spacial score (nSPS) is 12.2. The minimum Gasteiger partial charge on any atom is -0.308 e. The topological polar surface area (TPSA) is 48.5 Å². The van der Waals surface area contributed by atoms with E-state index in [0.717, 1.165) is 54.8 Å². The standard InChI is InChI=1S/C75H43N5S/c1-3-20-52-48(16-1)50-18-5-7-22-54(50)62-42-46(32-36-56(52)62)73-76-74(47-33-37-57-53-21-4-2-17-49(53)51-19-6-8-23-55(51)63(57)43-47)78-75(77-73)80-67-29-13-10-25-59(67)65-41-45(35-39-69(65)80)44-34-38-68-64(40-44)58-24-9-12-28-66(58)79(68)70-30-15-27-61-60-26-11-14-31-71(60)81-72(61)70/h1-43H. The van der Waals surface area contributed by atoms with Gasteiger partial charge in [0.25, 0.3) is 0 Å². The summed E-state index contributed by atoms with van der Waals surface area (Å²) < 4.78 is 7.30. The zero-order valence-electron chi connectivity index (χ0n) is 43.5. The number of hydrogen-bond donors (Lipinski definition) is 0. The maximum atomic E-state index is 5.52. The van der Waals surface area contributed by atoms with Gasteiger partial charge >= 0.3 is 0 Å². The summed E-state index contributed by atoms with van der Waals surface area (Å²) in [7, 11) is 0. The van der Waals surface area contributed by atoms with Crippen molar-refractivity contribution in [1.29, 1.82) is 0 Å². The molecule has 0 atom stereocenters. The third-order valence-electron chi connectivity index (χ3n) is 17.1. The lowest BCUT2D eigenvalue weighted by molar-refractivity contribution is 0.954. The van der Waals surface area contributed by atoms with E-state index in [1.807, 2.05) is 11.3 Å². The minimum absolute atomic E-state index is 0.559. The van der Waals surface area contributed by atoms with Crippen LogP contribution in [0.1, 0.15) is 0 Å². The van der Waals surface area contributed by atoms with Crippen LogP contribution in [0.15, 0.2) is 261 Å². The lowest BCUT2D eigenvalue weighted by atomic mass is 9.93.